The van der Waals surface area contributed by atoms with Gasteiger partial charge in [-0.3, -0.25) is 9.59 Å². The lowest BCUT2D eigenvalue weighted by atomic mass is 10.2. The first kappa shape index (κ1) is 13.1. The van der Waals surface area contributed by atoms with Crippen molar-refractivity contribution in [1.29, 1.82) is 0 Å². The zero-order chi connectivity index (χ0) is 14.4. The second-order valence-electron chi connectivity index (χ2n) is 4.18. The van der Waals surface area contributed by atoms with Crippen LogP contribution >= 0.6 is 23.4 Å². The van der Waals surface area contributed by atoms with Gasteiger partial charge in [0.05, 0.1) is 10.4 Å². The van der Waals surface area contributed by atoms with Gasteiger partial charge in [-0.2, -0.15) is 0 Å². The monoisotopic (exact) mass is 308 g/mol. The third-order valence-corrected chi connectivity index (χ3v) is 4.03. The summed E-state index contributed by atoms with van der Waals surface area (Å²) in [5, 5.41) is 1.51. The maximum absolute atomic E-state index is 12.2. The fraction of sp³-hybridized carbons (Fsp3) is 0.0769. The second-order valence-corrected chi connectivity index (χ2v) is 5.43. The maximum atomic E-state index is 12.2. The van der Waals surface area contributed by atoms with E-state index in [0.717, 1.165) is 0 Å². The van der Waals surface area contributed by atoms with Crippen LogP contribution in [0.15, 0.2) is 32.3 Å². The van der Waals surface area contributed by atoms with Gasteiger partial charge < -0.3 is 15.1 Å². The fourth-order valence-corrected chi connectivity index (χ4v) is 3.06. The first-order valence-corrected chi connectivity index (χ1v) is 7.25. The molecule has 0 aliphatic rings. The molecule has 0 spiro atoms. The quantitative estimate of drug-likeness (QED) is 0.712. The van der Waals surface area contributed by atoms with E-state index in [9.17, 15) is 9.59 Å². The van der Waals surface area contributed by atoms with Crippen LogP contribution in [-0.2, 0) is 0 Å². The maximum Gasteiger partial charge on any atom is 0.285 e. The van der Waals surface area contributed by atoms with Crippen LogP contribution in [0.5, 0.6) is 0 Å². The number of hydrogen-bond acceptors (Lipinski definition) is 4. The number of furan rings is 1. The SMILES string of the molecule is CSc1c(C(N)=O)oc2c1c(=O)[nH]c1cc(Cl)ccc12. The number of aromatic nitrogens is 1. The number of benzene rings is 1. The number of aromatic amines is 1. The topological polar surface area (TPSA) is 89.1 Å². The zero-order valence-electron chi connectivity index (χ0n) is 10.3. The lowest BCUT2D eigenvalue weighted by Gasteiger charge is -1.99. The highest BCUT2D eigenvalue weighted by Gasteiger charge is 2.22. The minimum Gasteiger partial charge on any atom is -0.449 e. The van der Waals surface area contributed by atoms with Crippen molar-refractivity contribution in [2.24, 2.45) is 5.73 Å². The highest BCUT2D eigenvalue weighted by molar-refractivity contribution is 7.99. The van der Waals surface area contributed by atoms with Crippen LogP contribution in [0.1, 0.15) is 10.6 Å². The Morgan fingerprint density at radius 1 is 1.45 bits per heavy atom. The summed E-state index contributed by atoms with van der Waals surface area (Å²) in [5.74, 6) is -0.701. The van der Waals surface area contributed by atoms with Crippen LogP contribution in [-0.4, -0.2) is 17.1 Å². The van der Waals surface area contributed by atoms with Crippen molar-refractivity contribution in [1.82, 2.24) is 4.98 Å². The molecule has 1 amide bonds. The molecule has 20 heavy (non-hydrogen) atoms. The fourth-order valence-electron chi connectivity index (χ4n) is 2.17. The number of H-pyrrole nitrogens is 1. The molecule has 0 radical (unpaired) electrons. The molecule has 0 aliphatic heterocycles. The summed E-state index contributed by atoms with van der Waals surface area (Å²) in [6, 6.07) is 5.05. The first-order chi connectivity index (χ1) is 9.52. The van der Waals surface area contributed by atoms with Gasteiger partial charge in [-0.1, -0.05) is 11.6 Å². The third kappa shape index (κ3) is 1.80. The summed E-state index contributed by atoms with van der Waals surface area (Å²) in [5.41, 5.74) is 5.85. The van der Waals surface area contributed by atoms with Crippen LogP contribution in [0, 0.1) is 0 Å². The van der Waals surface area contributed by atoms with Crippen molar-refractivity contribution >= 4 is 51.1 Å². The van der Waals surface area contributed by atoms with E-state index >= 15 is 0 Å². The number of pyridine rings is 1. The van der Waals surface area contributed by atoms with E-state index in [1.807, 2.05) is 0 Å². The van der Waals surface area contributed by atoms with E-state index in [0.29, 0.717) is 31.8 Å². The highest BCUT2D eigenvalue weighted by Crippen LogP contribution is 2.34. The Labute approximate surface area is 122 Å². The van der Waals surface area contributed by atoms with Gasteiger partial charge in [-0.25, -0.2) is 0 Å². The van der Waals surface area contributed by atoms with Crippen molar-refractivity contribution in [3.63, 3.8) is 0 Å². The number of nitrogens with two attached hydrogens (primary N) is 1. The van der Waals surface area contributed by atoms with Crippen LogP contribution in [0.25, 0.3) is 21.9 Å². The van der Waals surface area contributed by atoms with Gasteiger partial charge in [-0.15, -0.1) is 11.8 Å². The van der Waals surface area contributed by atoms with Crippen LogP contribution in [0.3, 0.4) is 0 Å². The van der Waals surface area contributed by atoms with E-state index in [2.05, 4.69) is 4.98 Å². The molecule has 0 unspecified atom stereocenters. The van der Waals surface area contributed by atoms with Crippen LogP contribution in [0.2, 0.25) is 5.02 Å². The molecule has 102 valence electrons. The minimum absolute atomic E-state index is 0.000417. The summed E-state index contributed by atoms with van der Waals surface area (Å²) >= 11 is 7.15. The molecule has 0 bridgehead atoms. The van der Waals surface area contributed by atoms with Crippen LogP contribution in [0.4, 0.5) is 0 Å². The van der Waals surface area contributed by atoms with E-state index in [4.69, 9.17) is 21.8 Å². The zero-order valence-corrected chi connectivity index (χ0v) is 11.9. The Bertz CT molecular complexity index is 913. The van der Waals surface area contributed by atoms with Crippen molar-refractivity contribution in [2.75, 3.05) is 6.26 Å². The minimum atomic E-state index is -0.702. The largest absolute Gasteiger partial charge is 0.449 e. The van der Waals surface area contributed by atoms with E-state index in [1.54, 1.807) is 24.5 Å². The molecule has 0 fully saturated rings. The van der Waals surface area contributed by atoms with Crippen LogP contribution < -0.4 is 11.3 Å². The predicted octanol–water partition coefficient (Wildman–Crippen LogP) is 2.75. The van der Waals surface area contributed by atoms with Crippen molar-refractivity contribution < 1.29 is 9.21 Å². The van der Waals surface area contributed by atoms with Gasteiger partial charge in [0.25, 0.3) is 11.5 Å². The predicted molar refractivity (Wildman–Crippen MR) is 79.6 cm³/mol. The molecule has 3 aromatic rings. The number of thioether (sulfide) groups is 1. The van der Waals surface area contributed by atoms with Gasteiger partial charge >= 0.3 is 0 Å². The van der Waals surface area contributed by atoms with Gasteiger partial charge in [0.2, 0.25) is 5.76 Å². The standard InChI is InChI=1S/C13H9ClN2O3S/c1-20-11-8-9(19-10(11)12(15)17)6-3-2-5(14)4-7(6)16-13(8)18/h2-4H,1H3,(H2,15,17)(H,16,18). The Morgan fingerprint density at radius 2 is 2.20 bits per heavy atom. The molecule has 3 N–H and O–H groups in total. The molecule has 0 saturated carbocycles. The van der Waals surface area contributed by atoms with Gasteiger partial charge in [0.1, 0.15) is 5.39 Å². The lowest BCUT2D eigenvalue weighted by Crippen LogP contribution is -2.11. The number of primary amides is 1. The normalized spacial score (nSPS) is 11.3. The molecule has 1 aromatic carbocycles. The smallest absolute Gasteiger partial charge is 0.285 e. The first-order valence-electron chi connectivity index (χ1n) is 5.64. The van der Waals surface area contributed by atoms with Gasteiger partial charge in [0, 0.05) is 10.4 Å². The summed E-state index contributed by atoms with van der Waals surface area (Å²) in [6.07, 6.45) is 1.75. The molecule has 0 saturated heterocycles. The number of amides is 1. The Balaban J connectivity index is 2.57. The van der Waals surface area contributed by atoms with E-state index in [-0.39, 0.29) is 11.3 Å². The number of carbonyl (C=O) groups excluding carboxylic acids is 1. The number of hydrogen-bond donors (Lipinski definition) is 2. The van der Waals surface area contributed by atoms with E-state index < -0.39 is 5.91 Å². The number of carbonyl (C=O) groups is 1. The Kier molecular flexibility index (Phi) is 2.99. The lowest BCUT2D eigenvalue weighted by molar-refractivity contribution is 0.0972. The summed E-state index contributed by atoms with van der Waals surface area (Å²) in [6.45, 7) is 0. The van der Waals surface area contributed by atoms with Crippen molar-refractivity contribution in [3.8, 4) is 0 Å². The number of fused-ring (bicyclic) bond motifs is 3. The average molecular weight is 309 g/mol. The highest BCUT2D eigenvalue weighted by atomic mass is 35.5. The Morgan fingerprint density at radius 3 is 2.85 bits per heavy atom. The van der Waals surface area contributed by atoms with Crippen molar-refractivity contribution in [3.05, 3.63) is 39.3 Å². The second kappa shape index (κ2) is 4.57. The number of nitrogens with one attached hydrogen (secondary N) is 1. The van der Waals surface area contributed by atoms with Gasteiger partial charge in [0.15, 0.2) is 5.58 Å². The molecule has 0 atom stereocenters. The van der Waals surface area contributed by atoms with E-state index in [1.165, 1.54) is 11.8 Å². The molecule has 5 nitrogen and oxygen atoms in total. The molecule has 0 aliphatic carbocycles. The molecule has 2 aromatic heterocycles. The summed E-state index contributed by atoms with van der Waals surface area (Å²) in [4.78, 5) is 26.8. The third-order valence-electron chi connectivity index (χ3n) is 2.99. The van der Waals surface area contributed by atoms with Crippen molar-refractivity contribution in [2.45, 2.75) is 4.90 Å². The average Bonchev–Trinajstić information content (AvgIpc) is 2.78. The molecule has 3 rings (SSSR count). The molecule has 2 heterocycles. The Hall–Kier alpha value is -1.92. The van der Waals surface area contributed by atoms with Gasteiger partial charge in [-0.05, 0) is 24.5 Å². The summed E-state index contributed by atoms with van der Waals surface area (Å²) in [7, 11) is 0. The molecule has 7 heteroatoms. The number of rotatable bonds is 2. The molecular weight excluding hydrogens is 300 g/mol. The summed E-state index contributed by atoms with van der Waals surface area (Å²) < 4.78 is 5.53. The number of halogens is 1. The molecular formula is C13H9ClN2O3S.